The molecule has 1 fully saturated rings. The number of furan rings is 1. The SMILES string of the molecule is Cc1nn(-c2ccccc2)c(C)c1C1C(=O)NCCN1C(=O)c1ccco1. The van der Waals surface area contributed by atoms with Gasteiger partial charge in [-0.25, -0.2) is 4.68 Å². The van der Waals surface area contributed by atoms with E-state index in [9.17, 15) is 9.59 Å². The van der Waals surface area contributed by atoms with E-state index in [0.717, 1.165) is 22.6 Å². The number of benzene rings is 1. The highest BCUT2D eigenvalue weighted by Gasteiger charge is 2.39. The van der Waals surface area contributed by atoms with E-state index in [-0.39, 0.29) is 17.6 Å². The van der Waals surface area contributed by atoms with Crippen molar-refractivity contribution in [2.45, 2.75) is 19.9 Å². The molecule has 0 saturated carbocycles. The van der Waals surface area contributed by atoms with Gasteiger partial charge in [0.25, 0.3) is 5.91 Å². The minimum Gasteiger partial charge on any atom is -0.459 e. The number of hydrogen-bond acceptors (Lipinski definition) is 4. The Balaban J connectivity index is 1.79. The maximum atomic E-state index is 12.9. The molecule has 4 rings (SSSR count). The third kappa shape index (κ3) is 2.91. The smallest absolute Gasteiger partial charge is 0.290 e. The molecule has 1 unspecified atom stereocenters. The lowest BCUT2D eigenvalue weighted by Crippen LogP contribution is -2.52. The summed E-state index contributed by atoms with van der Waals surface area (Å²) in [5.41, 5.74) is 3.20. The lowest BCUT2D eigenvalue weighted by Gasteiger charge is -2.34. The molecule has 1 aliphatic rings. The second-order valence-electron chi connectivity index (χ2n) is 6.50. The van der Waals surface area contributed by atoms with Crippen LogP contribution >= 0.6 is 0 Å². The fourth-order valence-corrected chi connectivity index (χ4v) is 3.59. The Labute approximate surface area is 156 Å². The van der Waals surface area contributed by atoms with Crippen LogP contribution in [0.25, 0.3) is 5.69 Å². The van der Waals surface area contributed by atoms with Crippen molar-refractivity contribution in [2.24, 2.45) is 0 Å². The van der Waals surface area contributed by atoms with Crippen molar-refractivity contribution in [3.8, 4) is 5.69 Å². The van der Waals surface area contributed by atoms with Gasteiger partial charge in [-0.2, -0.15) is 5.10 Å². The molecule has 0 radical (unpaired) electrons. The van der Waals surface area contributed by atoms with Crippen LogP contribution in [0.1, 0.15) is 33.5 Å². The van der Waals surface area contributed by atoms with Gasteiger partial charge in [-0.15, -0.1) is 0 Å². The van der Waals surface area contributed by atoms with E-state index in [1.807, 2.05) is 48.9 Å². The van der Waals surface area contributed by atoms with E-state index in [1.165, 1.54) is 6.26 Å². The number of hydrogen-bond donors (Lipinski definition) is 1. The first-order chi connectivity index (χ1) is 13.1. The largest absolute Gasteiger partial charge is 0.459 e. The van der Waals surface area contributed by atoms with Crippen molar-refractivity contribution in [2.75, 3.05) is 13.1 Å². The van der Waals surface area contributed by atoms with Gasteiger partial charge in [-0.05, 0) is 38.1 Å². The van der Waals surface area contributed by atoms with Crippen molar-refractivity contribution in [1.29, 1.82) is 0 Å². The molecular formula is C20H20N4O3. The molecule has 1 aromatic carbocycles. The molecule has 2 aromatic heterocycles. The lowest BCUT2D eigenvalue weighted by atomic mass is 10.00. The monoisotopic (exact) mass is 364 g/mol. The van der Waals surface area contributed by atoms with Crippen LogP contribution in [0.4, 0.5) is 0 Å². The number of nitrogens with zero attached hydrogens (tertiary/aromatic N) is 3. The van der Waals surface area contributed by atoms with Crippen molar-refractivity contribution < 1.29 is 14.0 Å². The standard InChI is InChI=1S/C20H20N4O3/c1-13-17(14(2)24(22-13)15-7-4-3-5-8-15)18-19(25)21-10-11-23(18)20(26)16-9-6-12-27-16/h3-9,12,18H,10-11H2,1-2H3,(H,21,25). The lowest BCUT2D eigenvalue weighted by molar-refractivity contribution is -0.128. The quantitative estimate of drug-likeness (QED) is 0.774. The zero-order valence-electron chi connectivity index (χ0n) is 15.2. The highest BCUT2D eigenvalue weighted by atomic mass is 16.3. The molecule has 3 heterocycles. The van der Waals surface area contributed by atoms with Crippen LogP contribution in [0.5, 0.6) is 0 Å². The van der Waals surface area contributed by atoms with Gasteiger partial charge in [0.1, 0.15) is 6.04 Å². The molecule has 2 amide bonds. The molecule has 0 bridgehead atoms. The molecule has 1 aliphatic heterocycles. The summed E-state index contributed by atoms with van der Waals surface area (Å²) in [6, 6.07) is 12.3. The Bertz CT molecular complexity index is 976. The van der Waals surface area contributed by atoms with E-state index in [2.05, 4.69) is 10.4 Å². The van der Waals surface area contributed by atoms with Gasteiger partial charge in [-0.1, -0.05) is 18.2 Å². The Morgan fingerprint density at radius 1 is 1.19 bits per heavy atom. The second-order valence-corrected chi connectivity index (χ2v) is 6.50. The number of rotatable bonds is 3. The van der Waals surface area contributed by atoms with Gasteiger partial charge in [-0.3, -0.25) is 9.59 Å². The van der Waals surface area contributed by atoms with Crippen LogP contribution in [0, 0.1) is 13.8 Å². The second kappa shape index (κ2) is 6.75. The van der Waals surface area contributed by atoms with Crippen LogP contribution < -0.4 is 5.32 Å². The molecule has 138 valence electrons. The number of para-hydroxylation sites is 1. The van der Waals surface area contributed by atoms with E-state index in [0.29, 0.717) is 13.1 Å². The Morgan fingerprint density at radius 2 is 1.96 bits per heavy atom. The summed E-state index contributed by atoms with van der Waals surface area (Å²) in [5, 5.41) is 7.49. The van der Waals surface area contributed by atoms with E-state index < -0.39 is 6.04 Å². The summed E-state index contributed by atoms with van der Waals surface area (Å²) in [5.74, 6) is -0.286. The first kappa shape index (κ1) is 17.1. The van der Waals surface area contributed by atoms with E-state index in [4.69, 9.17) is 4.42 Å². The van der Waals surface area contributed by atoms with Gasteiger partial charge in [0.2, 0.25) is 5.91 Å². The summed E-state index contributed by atoms with van der Waals surface area (Å²) < 4.78 is 7.07. The molecule has 1 atom stereocenters. The van der Waals surface area contributed by atoms with Crippen molar-refractivity contribution in [3.05, 3.63) is 71.4 Å². The molecule has 1 N–H and O–H groups in total. The van der Waals surface area contributed by atoms with E-state index in [1.54, 1.807) is 17.0 Å². The molecule has 7 nitrogen and oxygen atoms in total. The molecule has 3 aromatic rings. The highest BCUT2D eigenvalue weighted by Crippen LogP contribution is 2.31. The topological polar surface area (TPSA) is 80.4 Å². The van der Waals surface area contributed by atoms with Crippen molar-refractivity contribution in [1.82, 2.24) is 20.0 Å². The van der Waals surface area contributed by atoms with Crippen LogP contribution in [0.3, 0.4) is 0 Å². The third-order valence-corrected chi connectivity index (χ3v) is 4.83. The third-order valence-electron chi connectivity index (χ3n) is 4.83. The zero-order chi connectivity index (χ0) is 19.0. The first-order valence-corrected chi connectivity index (χ1v) is 8.81. The maximum Gasteiger partial charge on any atom is 0.290 e. The van der Waals surface area contributed by atoms with Gasteiger partial charge in [0.05, 0.1) is 17.6 Å². The summed E-state index contributed by atoms with van der Waals surface area (Å²) in [4.78, 5) is 27.2. The summed E-state index contributed by atoms with van der Waals surface area (Å²) >= 11 is 0. The minimum atomic E-state index is -0.742. The van der Waals surface area contributed by atoms with Crippen LogP contribution in [0.2, 0.25) is 0 Å². The van der Waals surface area contributed by atoms with Crippen LogP contribution in [0.15, 0.2) is 53.1 Å². The number of aryl methyl sites for hydroxylation is 1. The molecule has 0 spiro atoms. The van der Waals surface area contributed by atoms with Crippen LogP contribution in [-0.4, -0.2) is 39.6 Å². The molecule has 7 heteroatoms. The maximum absolute atomic E-state index is 12.9. The summed E-state index contributed by atoms with van der Waals surface area (Å²) in [6.45, 7) is 4.59. The summed E-state index contributed by atoms with van der Waals surface area (Å²) in [6.07, 6.45) is 1.45. The number of aromatic nitrogens is 2. The number of carbonyl (C=O) groups is 2. The van der Waals surface area contributed by atoms with Crippen molar-refractivity contribution in [3.63, 3.8) is 0 Å². The van der Waals surface area contributed by atoms with Crippen LogP contribution in [-0.2, 0) is 4.79 Å². The Hall–Kier alpha value is -3.35. The fourth-order valence-electron chi connectivity index (χ4n) is 3.59. The predicted molar refractivity (Wildman–Crippen MR) is 98.5 cm³/mol. The number of amides is 2. The Morgan fingerprint density at radius 3 is 2.67 bits per heavy atom. The Kier molecular flexibility index (Phi) is 4.27. The number of carbonyl (C=O) groups excluding carboxylic acids is 2. The average molecular weight is 364 g/mol. The molecule has 1 saturated heterocycles. The normalized spacial score (nSPS) is 17.0. The predicted octanol–water partition coefficient (Wildman–Crippen LogP) is 2.40. The first-order valence-electron chi connectivity index (χ1n) is 8.81. The van der Waals surface area contributed by atoms with Gasteiger partial charge in [0, 0.05) is 24.3 Å². The summed E-state index contributed by atoms with van der Waals surface area (Å²) in [7, 11) is 0. The molecule has 27 heavy (non-hydrogen) atoms. The van der Waals surface area contributed by atoms with E-state index >= 15 is 0 Å². The average Bonchev–Trinajstić information content (AvgIpc) is 3.31. The zero-order valence-corrected chi connectivity index (χ0v) is 15.2. The number of nitrogens with one attached hydrogen (secondary N) is 1. The minimum absolute atomic E-state index is 0.208. The van der Waals surface area contributed by atoms with Crippen molar-refractivity contribution >= 4 is 11.8 Å². The number of piperazine rings is 1. The van der Waals surface area contributed by atoms with Gasteiger partial charge in [0.15, 0.2) is 5.76 Å². The molecular weight excluding hydrogens is 344 g/mol. The molecule has 0 aliphatic carbocycles. The van der Waals surface area contributed by atoms with Gasteiger partial charge >= 0.3 is 0 Å². The van der Waals surface area contributed by atoms with Gasteiger partial charge < -0.3 is 14.6 Å². The fraction of sp³-hybridized carbons (Fsp3) is 0.250. The highest BCUT2D eigenvalue weighted by molar-refractivity contribution is 5.97.